The second-order valence-corrected chi connectivity index (χ2v) is 6.25. The predicted octanol–water partition coefficient (Wildman–Crippen LogP) is 4.37. The highest BCUT2D eigenvalue weighted by atomic mass is 79.9. The number of nitrogens with zero attached hydrogens (tertiary/aromatic N) is 1. The van der Waals surface area contributed by atoms with E-state index in [2.05, 4.69) is 26.9 Å². The Morgan fingerprint density at radius 2 is 2.05 bits per heavy atom. The molecule has 0 atom stereocenters. The number of halogens is 2. The molecule has 104 valence electrons. The van der Waals surface area contributed by atoms with Crippen molar-refractivity contribution in [1.29, 1.82) is 0 Å². The lowest BCUT2D eigenvalue weighted by molar-refractivity contribution is 0.920. The normalized spacial score (nSPS) is 10.3. The van der Waals surface area contributed by atoms with E-state index >= 15 is 0 Å². The lowest BCUT2D eigenvalue weighted by atomic mass is 10.1. The van der Waals surface area contributed by atoms with Crippen LogP contribution in [0, 0.1) is 0 Å². The third kappa shape index (κ3) is 3.72. The number of hydrogen-bond acceptors (Lipinski definition) is 2. The number of nitrogens with two attached hydrogens (primary N) is 1. The Morgan fingerprint density at radius 1 is 1.30 bits per heavy atom. The van der Waals surface area contributed by atoms with Gasteiger partial charge in [0.2, 0.25) is 0 Å². The molecule has 5 heteroatoms. The summed E-state index contributed by atoms with van der Waals surface area (Å²) >= 11 is 14.5. The maximum atomic E-state index is 6.01. The topological polar surface area (TPSA) is 29.3 Å². The van der Waals surface area contributed by atoms with Crippen molar-refractivity contribution in [2.24, 2.45) is 5.73 Å². The summed E-state index contributed by atoms with van der Waals surface area (Å²) in [5, 5.41) is 0.749. The number of rotatable bonds is 4. The van der Waals surface area contributed by atoms with E-state index in [9.17, 15) is 0 Å². The third-order valence-electron chi connectivity index (χ3n) is 2.95. The zero-order chi connectivity index (χ0) is 14.7. The maximum Gasteiger partial charge on any atom is 0.104 e. The van der Waals surface area contributed by atoms with Gasteiger partial charge in [-0.05, 0) is 51.8 Å². The summed E-state index contributed by atoms with van der Waals surface area (Å²) in [6.45, 7) is 0.769. The highest BCUT2D eigenvalue weighted by molar-refractivity contribution is 9.10. The number of thiocarbonyl (C=S) groups is 1. The van der Waals surface area contributed by atoms with Gasteiger partial charge >= 0.3 is 0 Å². The first-order chi connectivity index (χ1) is 9.47. The minimum Gasteiger partial charge on any atom is -0.389 e. The van der Waals surface area contributed by atoms with E-state index in [1.54, 1.807) is 0 Å². The largest absolute Gasteiger partial charge is 0.389 e. The van der Waals surface area contributed by atoms with Crippen LogP contribution in [0.25, 0.3) is 0 Å². The maximum absolute atomic E-state index is 6.01. The Bertz CT molecular complexity index is 646. The predicted molar refractivity (Wildman–Crippen MR) is 93.6 cm³/mol. The van der Waals surface area contributed by atoms with Crippen molar-refractivity contribution in [2.45, 2.75) is 6.54 Å². The van der Waals surface area contributed by atoms with Crippen LogP contribution in [0.4, 0.5) is 5.69 Å². The molecule has 2 nitrogen and oxygen atoms in total. The van der Waals surface area contributed by atoms with Crippen LogP contribution >= 0.6 is 39.7 Å². The second kappa shape index (κ2) is 6.57. The molecule has 2 rings (SSSR count). The highest BCUT2D eigenvalue weighted by Gasteiger charge is 2.08. The van der Waals surface area contributed by atoms with E-state index in [-0.39, 0.29) is 0 Å². The summed E-state index contributed by atoms with van der Waals surface area (Å²) in [6, 6.07) is 13.7. The van der Waals surface area contributed by atoms with Crippen molar-refractivity contribution in [3.05, 3.63) is 63.1 Å². The summed E-state index contributed by atoms with van der Waals surface area (Å²) in [5.74, 6) is 0. The zero-order valence-corrected chi connectivity index (χ0v) is 14.1. The molecule has 0 aliphatic rings. The highest BCUT2D eigenvalue weighted by Crippen LogP contribution is 2.28. The standard InChI is InChI=1S/C15H14BrClN2S/c1-19(9-10-3-2-4-12(17)7-10)14-6-5-11(15(18)20)8-13(14)16/h2-8H,9H2,1H3,(H2,18,20). The number of benzene rings is 2. The lowest BCUT2D eigenvalue weighted by Crippen LogP contribution is -2.17. The molecule has 0 fully saturated rings. The van der Waals surface area contributed by atoms with Gasteiger partial charge < -0.3 is 10.6 Å². The van der Waals surface area contributed by atoms with Crippen LogP contribution in [-0.4, -0.2) is 12.0 Å². The van der Waals surface area contributed by atoms with E-state index in [1.165, 1.54) is 0 Å². The first kappa shape index (κ1) is 15.3. The second-order valence-electron chi connectivity index (χ2n) is 4.52. The van der Waals surface area contributed by atoms with Crippen LogP contribution in [0.2, 0.25) is 5.02 Å². The summed E-state index contributed by atoms with van der Waals surface area (Å²) in [6.07, 6.45) is 0. The number of anilines is 1. The number of hydrogen-bond donors (Lipinski definition) is 1. The van der Waals surface area contributed by atoms with E-state index in [1.807, 2.05) is 43.4 Å². The third-order valence-corrected chi connectivity index (χ3v) is 4.06. The van der Waals surface area contributed by atoms with E-state index in [0.717, 1.165) is 32.9 Å². The first-order valence-corrected chi connectivity index (χ1v) is 7.60. The Kier molecular flexibility index (Phi) is 5.02. The minimum atomic E-state index is 0.398. The van der Waals surface area contributed by atoms with Gasteiger partial charge in [-0.3, -0.25) is 0 Å². The lowest BCUT2D eigenvalue weighted by Gasteiger charge is -2.21. The molecule has 0 unspecified atom stereocenters. The molecule has 0 amide bonds. The van der Waals surface area contributed by atoms with E-state index < -0.39 is 0 Å². The first-order valence-electron chi connectivity index (χ1n) is 6.02. The molecule has 0 aromatic heterocycles. The van der Waals surface area contributed by atoms with Gasteiger partial charge in [-0.1, -0.05) is 36.0 Å². The molecule has 2 N–H and O–H groups in total. The van der Waals surface area contributed by atoms with Gasteiger partial charge in [-0.2, -0.15) is 0 Å². The van der Waals surface area contributed by atoms with Crippen molar-refractivity contribution < 1.29 is 0 Å². The molecule has 2 aromatic rings. The Balaban J connectivity index is 2.21. The van der Waals surface area contributed by atoms with Gasteiger partial charge in [-0.25, -0.2) is 0 Å². The quantitative estimate of drug-likeness (QED) is 0.811. The monoisotopic (exact) mass is 368 g/mol. The van der Waals surface area contributed by atoms with Crippen molar-refractivity contribution >= 4 is 50.4 Å². The minimum absolute atomic E-state index is 0.398. The molecule has 0 bridgehead atoms. The smallest absolute Gasteiger partial charge is 0.104 e. The molecular formula is C15H14BrClN2S. The van der Waals surface area contributed by atoms with E-state index in [0.29, 0.717) is 4.99 Å². The van der Waals surface area contributed by atoms with Crippen molar-refractivity contribution in [1.82, 2.24) is 0 Å². The summed E-state index contributed by atoms with van der Waals surface area (Å²) in [5.41, 5.74) is 8.72. The Morgan fingerprint density at radius 3 is 2.65 bits per heavy atom. The molecule has 0 heterocycles. The van der Waals surface area contributed by atoms with Crippen LogP contribution < -0.4 is 10.6 Å². The molecule has 0 aliphatic heterocycles. The summed E-state index contributed by atoms with van der Waals surface area (Å²) < 4.78 is 0.965. The van der Waals surface area contributed by atoms with Gasteiger partial charge in [0.15, 0.2) is 0 Å². The van der Waals surface area contributed by atoms with Crippen LogP contribution in [0.15, 0.2) is 46.9 Å². The summed E-state index contributed by atoms with van der Waals surface area (Å²) in [4.78, 5) is 2.54. The van der Waals surface area contributed by atoms with Crippen molar-refractivity contribution in [2.75, 3.05) is 11.9 Å². The molecule has 0 aliphatic carbocycles. The fourth-order valence-electron chi connectivity index (χ4n) is 1.96. The van der Waals surface area contributed by atoms with Crippen LogP contribution in [-0.2, 0) is 6.54 Å². The molecule has 0 spiro atoms. The van der Waals surface area contributed by atoms with Gasteiger partial charge in [0.1, 0.15) is 4.99 Å². The van der Waals surface area contributed by atoms with Gasteiger partial charge in [0.25, 0.3) is 0 Å². The molecule has 0 saturated carbocycles. The fourth-order valence-corrected chi connectivity index (χ4v) is 2.99. The average Bonchev–Trinajstić information content (AvgIpc) is 2.38. The van der Waals surface area contributed by atoms with Crippen LogP contribution in [0.3, 0.4) is 0 Å². The van der Waals surface area contributed by atoms with Crippen molar-refractivity contribution in [3.63, 3.8) is 0 Å². The van der Waals surface area contributed by atoms with Crippen molar-refractivity contribution in [3.8, 4) is 0 Å². The average molecular weight is 370 g/mol. The van der Waals surface area contributed by atoms with Gasteiger partial charge in [0.05, 0.1) is 5.69 Å². The SMILES string of the molecule is CN(Cc1cccc(Cl)c1)c1ccc(C(N)=S)cc1Br. The van der Waals surface area contributed by atoms with Gasteiger partial charge in [-0.15, -0.1) is 0 Å². The zero-order valence-electron chi connectivity index (χ0n) is 10.9. The van der Waals surface area contributed by atoms with E-state index in [4.69, 9.17) is 29.6 Å². The van der Waals surface area contributed by atoms with Crippen LogP contribution in [0.5, 0.6) is 0 Å². The Labute approximate surface area is 137 Å². The fraction of sp³-hybridized carbons (Fsp3) is 0.133. The Hall–Kier alpha value is -1.10. The molecule has 2 aromatic carbocycles. The molecule has 20 heavy (non-hydrogen) atoms. The molecule has 0 saturated heterocycles. The molecule has 0 radical (unpaired) electrons. The molecular weight excluding hydrogens is 356 g/mol. The van der Waals surface area contributed by atoms with Gasteiger partial charge in [0, 0.05) is 28.7 Å². The van der Waals surface area contributed by atoms with Crippen LogP contribution in [0.1, 0.15) is 11.1 Å². The summed E-state index contributed by atoms with van der Waals surface area (Å²) in [7, 11) is 2.03.